The summed E-state index contributed by atoms with van der Waals surface area (Å²) < 4.78 is 2.23. The Balaban J connectivity index is 0.996. The molecule has 0 radical (unpaired) electrons. The summed E-state index contributed by atoms with van der Waals surface area (Å²) in [6, 6.07) is 75.2. The molecular formula is C55H36N6. The Morgan fingerprint density at radius 1 is 0.246 bits per heavy atom. The molecule has 11 aromatic rings. The van der Waals surface area contributed by atoms with E-state index in [1.54, 1.807) is 0 Å². The van der Waals surface area contributed by atoms with Crippen LogP contribution in [0.4, 0.5) is 0 Å². The zero-order valence-electron chi connectivity index (χ0n) is 33.0. The van der Waals surface area contributed by atoms with Gasteiger partial charge in [0.1, 0.15) is 11.5 Å². The van der Waals surface area contributed by atoms with Crippen LogP contribution in [0.25, 0.3) is 107 Å². The molecule has 0 aliphatic carbocycles. The third-order valence-corrected chi connectivity index (χ3v) is 11.1. The third-order valence-electron chi connectivity index (χ3n) is 11.1. The molecule has 6 nitrogen and oxygen atoms in total. The van der Waals surface area contributed by atoms with Crippen LogP contribution in [-0.4, -0.2) is 29.3 Å². The van der Waals surface area contributed by atoms with Gasteiger partial charge in [-0.05, 0) is 33.9 Å². The van der Waals surface area contributed by atoms with Gasteiger partial charge in [-0.25, -0.2) is 24.9 Å². The van der Waals surface area contributed by atoms with Crippen LogP contribution >= 0.6 is 0 Å². The van der Waals surface area contributed by atoms with Crippen LogP contribution < -0.4 is 0 Å². The van der Waals surface area contributed by atoms with Gasteiger partial charge < -0.3 is 0 Å². The van der Waals surface area contributed by atoms with Gasteiger partial charge in [-0.15, -0.1) is 0 Å². The predicted molar refractivity (Wildman–Crippen MR) is 247 cm³/mol. The molecule has 3 heterocycles. The van der Waals surface area contributed by atoms with Crippen molar-refractivity contribution in [2.45, 2.75) is 0 Å². The van der Waals surface area contributed by atoms with E-state index < -0.39 is 0 Å². The molecule has 0 atom stereocenters. The summed E-state index contributed by atoms with van der Waals surface area (Å²) in [6.07, 6.45) is 0. The van der Waals surface area contributed by atoms with Crippen molar-refractivity contribution in [1.82, 2.24) is 29.3 Å². The second kappa shape index (κ2) is 15.4. The van der Waals surface area contributed by atoms with E-state index in [1.165, 1.54) is 5.56 Å². The highest BCUT2D eigenvalue weighted by molar-refractivity contribution is 6.06. The predicted octanol–water partition coefficient (Wildman–Crippen LogP) is 13.4. The lowest BCUT2D eigenvalue weighted by Gasteiger charge is -2.13. The molecule has 0 aliphatic rings. The van der Waals surface area contributed by atoms with Crippen molar-refractivity contribution >= 4 is 16.4 Å². The molecule has 3 aromatic heterocycles. The van der Waals surface area contributed by atoms with Gasteiger partial charge >= 0.3 is 0 Å². The fraction of sp³-hybridized carbons (Fsp3) is 0. The monoisotopic (exact) mass is 780 g/mol. The van der Waals surface area contributed by atoms with Crippen LogP contribution in [0.5, 0.6) is 0 Å². The average Bonchev–Trinajstić information content (AvgIpc) is 3.69. The smallest absolute Gasteiger partial charge is 0.164 e. The van der Waals surface area contributed by atoms with E-state index in [-0.39, 0.29) is 0 Å². The fourth-order valence-corrected chi connectivity index (χ4v) is 8.06. The normalized spacial score (nSPS) is 11.3. The average molecular weight is 781 g/mol. The zero-order chi connectivity index (χ0) is 40.5. The van der Waals surface area contributed by atoms with E-state index in [9.17, 15) is 0 Å². The molecule has 0 fully saturated rings. The largest absolute Gasteiger partial charge is 0.277 e. The molecule has 0 spiro atoms. The molecule has 61 heavy (non-hydrogen) atoms. The number of hydrogen-bond donors (Lipinski definition) is 0. The van der Waals surface area contributed by atoms with Gasteiger partial charge in [0, 0.05) is 38.6 Å². The Labute approximate surface area is 353 Å². The summed E-state index contributed by atoms with van der Waals surface area (Å²) in [4.78, 5) is 25.5. The van der Waals surface area contributed by atoms with E-state index in [1.807, 2.05) is 60.7 Å². The minimum Gasteiger partial charge on any atom is -0.277 e. The summed E-state index contributed by atoms with van der Waals surface area (Å²) >= 11 is 0. The van der Waals surface area contributed by atoms with E-state index in [0.717, 1.165) is 78.0 Å². The summed E-state index contributed by atoms with van der Waals surface area (Å²) in [6.45, 7) is 0. The van der Waals surface area contributed by atoms with Crippen molar-refractivity contribution in [2.24, 2.45) is 0 Å². The highest BCUT2D eigenvalue weighted by Crippen LogP contribution is 2.39. The summed E-state index contributed by atoms with van der Waals surface area (Å²) in [5.74, 6) is 3.40. The maximum atomic E-state index is 5.24. The van der Waals surface area contributed by atoms with Gasteiger partial charge in [-0.1, -0.05) is 212 Å². The Kier molecular flexibility index (Phi) is 9.06. The molecule has 0 saturated heterocycles. The van der Waals surface area contributed by atoms with Crippen LogP contribution in [0.2, 0.25) is 0 Å². The van der Waals surface area contributed by atoms with Crippen molar-refractivity contribution in [3.8, 4) is 90.5 Å². The number of nitrogens with zero attached hydrogens (tertiary/aromatic N) is 6. The molecule has 11 rings (SSSR count). The van der Waals surface area contributed by atoms with Crippen molar-refractivity contribution in [1.29, 1.82) is 0 Å². The van der Waals surface area contributed by atoms with Crippen LogP contribution in [0.15, 0.2) is 218 Å². The number of fused-ring (bicyclic) bond motifs is 3. The van der Waals surface area contributed by atoms with Crippen molar-refractivity contribution < 1.29 is 0 Å². The first-order valence-electron chi connectivity index (χ1n) is 20.3. The Bertz CT molecular complexity index is 3310. The minimum absolute atomic E-state index is 0.616. The first-order valence-corrected chi connectivity index (χ1v) is 20.3. The summed E-state index contributed by atoms with van der Waals surface area (Å²) in [5, 5.41) is 2.18. The maximum Gasteiger partial charge on any atom is 0.164 e. The lowest BCUT2D eigenvalue weighted by molar-refractivity contribution is 1.05. The molecule has 6 heteroatoms. The topological polar surface area (TPSA) is 68.9 Å². The molecule has 8 aromatic carbocycles. The molecule has 286 valence electrons. The summed E-state index contributed by atoms with van der Waals surface area (Å²) in [5.41, 5.74) is 12.2. The van der Waals surface area contributed by atoms with E-state index in [0.29, 0.717) is 23.3 Å². The number of aromatic nitrogens is 6. The molecule has 0 N–H and O–H groups in total. The van der Waals surface area contributed by atoms with Crippen molar-refractivity contribution in [3.05, 3.63) is 218 Å². The van der Waals surface area contributed by atoms with Gasteiger partial charge in [-0.2, -0.15) is 0 Å². The number of rotatable bonds is 8. The van der Waals surface area contributed by atoms with Crippen LogP contribution in [0, 0.1) is 0 Å². The molecule has 0 unspecified atom stereocenters. The van der Waals surface area contributed by atoms with Crippen LogP contribution in [0.1, 0.15) is 0 Å². The summed E-state index contributed by atoms with van der Waals surface area (Å²) in [7, 11) is 0. The molecule has 0 saturated carbocycles. The van der Waals surface area contributed by atoms with Crippen LogP contribution in [0.3, 0.4) is 0 Å². The van der Waals surface area contributed by atoms with Gasteiger partial charge in [0.15, 0.2) is 23.3 Å². The highest BCUT2D eigenvalue weighted by atomic mass is 15.1. The first kappa shape index (κ1) is 35.8. The van der Waals surface area contributed by atoms with Gasteiger partial charge in [-0.3, -0.25) is 4.40 Å². The van der Waals surface area contributed by atoms with E-state index in [4.69, 9.17) is 24.9 Å². The highest BCUT2D eigenvalue weighted by Gasteiger charge is 2.21. The Morgan fingerprint density at radius 3 is 1.15 bits per heavy atom. The van der Waals surface area contributed by atoms with Crippen LogP contribution in [-0.2, 0) is 0 Å². The number of benzene rings is 8. The quantitative estimate of drug-likeness (QED) is 0.154. The second-order valence-corrected chi connectivity index (χ2v) is 14.9. The number of hydrogen-bond acceptors (Lipinski definition) is 5. The molecule has 0 amide bonds. The zero-order valence-corrected chi connectivity index (χ0v) is 33.0. The first-order chi connectivity index (χ1) is 30.2. The lowest BCUT2D eigenvalue weighted by Crippen LogP contribution is -2.03. The lowest BCUT2D eigenvalue weighted by atomic mass is 9.99. The standard InChI is InChI=1S/C55H36N6/c1-5-16-37(17-6-1)38-28-32-42(33-29-38)51-56-50(40-18-7-2-8-19-40)57-52(58-51)43-34-30-39(31-35-43)45-24-15-25-46(36-45)49-47-26-13-14-27-48(47)55-60-53(41-20-9-3-10-21-41)59-54(61(49)55)44-22-11-4-12-23-44/h1-36H. The van der Waals surface area contributed by atoms with Gasteiger partial charge in [0.05, 0.1) is 5.69 Å². The van der Waals surface area contributed by atoms with E-state index in [2.05, 4.69) is 162 Å². The Morgan fingerprint density at radius 2 is 0.607 bits per heavy atom. The molecule has 0 aliphatic heterocycles. The maximum absolute atomic E-state index is 5.24. The third kappa shape index (κ3) is 6.82. The Hall–Kier alpha value is -8.35. The van der Waals surface area contributed by atoms with Crippen molar-refractivity contribution in [3.63, 3.8) is 0 Å². The molecular weight excluding hydrogens is 745 g/mol. The SMILES string of the molecule is c1ccc(-c2ccc(-c3nc(-c4ccccc4)nc(-c4ccc(-c5cccc(-c6c7ccccc7c7nc(-c8ccccc8)nc(-c8ccccc8)n67)c5)cc4)n3)cc2)cc1. The van der Waals surface area contributed by atoms with E-state index >= 15 is 0 Å². The van der Waals surface area contributed by atoms with Gasteiger partial charge in [0.25, 0.3) is 0 Å². The fourth-order valence-electron chi connectivity index (χ4n) is 8.06. The van der Waals surface area contributed by atoms with Gasteiger partial charge in [0.2, 0.25) is 0 Å². The van der Waals surface area contributed by atoms with Crippen molar-refractivity contribution in [2.75, 3.05) is 0 Å². The minimum atomic E-state index is 0.616. The molecule has 0 bridgehead atoms. The second-order valence-electron chi connectivity index (χ2n) is 14.9.